The van der Waals surface area contributed by atoms with Gasteiger partial charge in [-0.3, -0.25) is 4.84 Å². The molecule has 11 heteroatoms. The highest BCUT2D eigenvalue weighted by atomic mass is 32.2. The molecule has 0 radical (unpaired) electrons. The molecule has 0 spiro atoms. The number of morpholine rings is 1. The van der Waals surface area contributed by atoms with Gasteiger partial charge >= 0.3 is 6.09 Å². The molecule has 0 bridgehead atoms. The molecule has 8 nitrogen and oxygen atoms in total. The van der Waals surface area contributed by atoms with Crippen molar-refractivity contribution in [3.05, 3.63) is 9.81 Å². The predicted molar refractivity (Wildman–Crippen MR) is 99.2 cm³/mol. The fraction of sp³-hybridized carbons (Fsp3) is 0.571. The van der Waals surface area contributed by atoms with Crippen molar-refractivity contribution < 1.29 is 14.4 Å². The van der Waals surface area contributed by atoms with Crippen molar-refractivity contribution in [3.63, 3.8) is 0 Å². The van der Waals surface area contributed by atoms with Crippen molar-refractivity contribution >= 4 is 46.8 Å². The number of carbonyl (C=O) groups is 1. The summed E-state index contributed by atoms with van der Waals surface area (Å²) in [7, 11) is 1.61. The second-order valence-electron chi connectivity index (χ2n) is 5.47. The van der Waals surface area contributed by atoms with Crippen LogP contribution in [0.2, 0.25) is 0 Å². The molecule has 134 valence electrons. The highest BCUT2D eigenvalue weighted by molar-refractivity contribution is 8.35. The van der Waals surface area contributed by atoms with Gasteiger partial charge in [-0.1, -0.05) is 16.9 Å². The standard InChI is InChI=1S/C14H17N5O3S3/c1-14(2)12(23-11(24-14)10(8-15)9-16)17-22-13(20)18(3)25-19-4-6-21-7-5-19/h4-7H2,1-3H3. The molecule has 2 rings (SSSR count). The van der Waals surface area contributed by atoms with Gasteiger partial charge < -0.3 is 4.74 Å². The third-order valence-corrected chi connectivity index (χ3v) is 7.03. The zero-order chi connectivity index (χ0) is 18.4. The van der Waals surface area contributed by atoms with Crippen LogP contribution in [0.5, 0.6) is 0 Å². The van der Waals surface area contributed by atoms with E-state index in [1.165, 1.54) is 40.0 Å². The summed E-state index contributed by atoms with van der Waals surface area (Å²) in [6.07, 6.45) is -0.594. The maximum Gasteiger partial charge on any atom is 0.446 e. The van der Waals surface area contributed by atoms with E-state index < -0.39 is 10.8 Å². The Morgan fingerprint density at radius 1 is 1.40 bits per heavy atom. The maximum atomic E-state index is 12.1. The predicted octanol–water partition coefficient (Wildman–Crippen LogP) is 2.78. The lowest BCUT2D eigenvalue weighted by atomic mass is 10.2. The summed E-state index contributed by atoms with van der Waals surface area (Å²) in [5, 5.41) is 22.5. The quantitative estimate of drug-likeness (QED) is 0.307. The zero-order valence-electron chi connectivity index (χ0n) is 14.0. The molecule has 2 heterocycles. The number of amides is 1. The molecule has 0 unspecified atom stereocenters. The number of oxime groups is 1. The van der Waals surface area contributed by atoms with Gasteiger partial charge in [0.2, 0.25) is 0 Å². The summed E-state index contributed by atoms with van der Waals surface area (Å²) in [6.45, 7) is 6.52. The van der Waals surface area contributed by atoms with E-state index in [-0.39, 0.29) is 5.57 Å². The largest absolute Gasteiger partial charge is 0.446 e. The van der Waals surface area contributed by atoms with E-state index in [1.54, 1.807) is 7.05 Å². The van der Waals surface area contributed by atoms with Crippen LogP contribution in [-0.4, -0.2) is 57.8 Å². The van der Waals surface area contributed by atoms with Gasteiger partial charge in [0, 0.05) is 32.3 Å². The fourth-order valence-electron chi connectivity index (χ4n) is 1.83. The first-order chi connectivity index (χ1) is 11.9. The summed E-state index contributed by atoms with van der Waals surface area (Å²) in [5.74, 6) is 0. The van der Waals surface area contributed by atoms with Crippen molar-refractivity contribution in [3.8, 4) is 12.1 Å². The van der Waals surface area contributed by atoms with Crippen LogP contribution in [-0.2, 0) is 9.57 Å². The third kappa shape index (κ3) is 5.30. The summed E-state index contributed by atoms with van der Waals surface area (Å²) in [6, 6.07) is 3.73. The number of allylic oxidation sites excluding steroid dienone is 1. The van der Waals surface area contributed by atoms with E-state index in [0.29, 0.717) is 22.5 Å². The highest BCUT2D eigenvalue weighted by Crippen LogP contribution is 2.51. The van der Waals surface area contributed by atoms with Gasteiger partial charge in [0.05, 0.1) is 22.2 Å². The molecule has 25 heavy (non-hydrogen) atoms. The van der Waals surface area contributed by atoms with Gasteiger partial charge in [-0.15, -0.1) is 11.8 Å². The van der Waals surface area contributed by atoms with Crippen LogP contribution >= 0.6 is 35.7 Å². The normalized spacial score (nSPS) is 21.5. The summed E-state index contributed by atoms with van der Waals surface area (Å²) < 4.78 is 8.73. The number of nitrogens with zero attached hydrogens (tertiary/aromatic N) is 5. The lowest BCUT2D eigenvalue weighted by Crippen LogP contribution is -2.35. The number of carbonyl (C=O) groups excluding carboxylic acids is 1. The third-order valence-electron chi connectivity index (χ3n) is 3.15. The molecule has 0 aromatic rings. The molecule has 2 aliphatic heterocycles. The Balaban J connectivity index is 1.98. The number of ether oxygens (including phenoxy) is 1. The Morgan fingerprint density at radius 2 is 2.04 bits per heavy atom. The molecular formula is C14H17N5O3S3. The topological polar surface area (TPSA) is 102 Å². The second-order valence-corrected chi connectivity index (χ2v) is 9.59. The van der Waals surface area contributed by atoms with E-state index in [9.17, 15) is 4.79 Å². The van der Waals surface area contributed by atoms with Gasteiger partial charge in [0.15, 0.2) is 0 Å². The minimum atomic E-state index is -0.594. The summed E-state index contributed by atoms with van der Waals surface area (Å²) >= 11 is 3.80. The Morgan fingerprint density at radius 3 is 2.64 bits per heavy atom. The van der Waals surface area contributed by atoms with Gasteiger partial charge in [-0.2, -0.15) is 10.5 Å². The molecule has 0 aliphatic carbocycles. The van der Waals surface area contributed by atoms with Crippen molar-refractivity contribution in [2.24, 2.45) is 5.16 Å². The van der Waals surface area contributed by atoms with Crippen molar-refractivity contribution in [2.75, 3.05) is 33.4 Å². The summed E-state index contributed by atoms with van der Waals surface area (Å²) in [5.41, 5.74) is 0.0413. The molecule has 0 aromatic carbocycles. The number of hydrogen-bond donors (Lipinski definition) is 0. The average molecular weight is 400 g/mol. The van der Waals surface area contributed by atoms with Crippen molar-refractivity contribution in [1.29, 1.82) is 10.5 Å². The van der Waals surface area contributed by atoms with Gasteiger partial charge in [0.25, 0.3) is 0 Å². The van der Waals surface area contributed by atoms with Crippen LogP contribution in [0.4, 0.5) is 4.79 Å². The lowest BCUT2D eigenvalue weighted by Gasteiger charge is -2.27. The Kier molecular flexibility index (Phi) is 7.04. The molecule has 2 aliphatic rings. The smallest absolute Gasteiger partial charge is 0.379 e. The first-order valence-corrected chi connectivity index (χ1v) is 9.69. The van der Waals surface area contributed by atoms with Crippen molar-refractivity contribution in [2.45, 2.75) is 18.6 Å². The summed E-state index contributed by atoms with van der Waals surface area (Å²) in [4.78, 5) is 17.1. The number of hydrogen-bond acceptors (Lipinski definition) is 10. The Bertz CT molecular complexity index is 658. The van der Waals surface area contributed by atoms with E-state index in [1.807, 2.05) is 30.3 Å². The fourth-order valence-corrected chi connectivity index (χ4v) is 5.33. The van der Waals surface area contributed by atoms with E-state index >= 15 is 0 Å². The molecule has 0 saturated carbocycles. The lowest BCUT2D eigenvalue weighted by molar-refractivity contribution is 0.0753. The minimum absolute atomic E-state index is 0.0413. The van der Waals surface area contributed by atoms with Crippen LogP contribution in [0.15, 0.2) is 15.0 Å². The molecule has 0 aromatic heterocycles. The highest BCUT2D eigenvalue weighted by Gasteiger charge is 2.39. The second kappa shape index (κ2) is 8.83. The van der Waals surface area contributed by atoms with Crippen LogP contribution in [0.1, 0.15) is 13.8 Å². The van der Waals surface area contributed by atoms with Crippen LogP contribution < -0.4 is 0 Å². The van der Waals surface area contributed by atoms with Crippen LogP contribution in [0, 0.1) is 22.7 Å². The first-order valence-electron chi connectivity index (χ1n) is 7.32. The maximum absolute atomic E-state index is 12.1. The van der Waals surface area contributed by atoms with E-state index in [0.717, 1.165) is 13.1 Å². The van der Waals surface area contributed by atoms with Gasteiger partial charge in [0.1, 0.15) is 22.8 Å². The number of nitriles is 2. The van der Waals surface area contributed by atoms with Gasteiger partial charge in [-0.05, 0) is 13.8 Å². The molecule has 2 fully saturated rings. The first kappa shape index (κ1) is 19.9. The van der Waals surface area contributed by atoms with E-state index in [4.69, 9.17) is 20.1 Å². The molecule has 0 atom stereocenters. The van der Waals surface area contributed by atoms with Crippen LogP contribution in [0.25, 0.3) is 0 Å². The number of thioether (sulfide) groups is 2. The molecular weight excluding hydrogens is 382 g/mol. The number of rotatable bonds is 3. The molecule has 0 N–H and O–H groups in total. The Hall–Kier alpha value is -1.37. The monoisotopic (exact) mass is 399 g/mol. The minimum Gasteiger partial charge on any atom is -0.379 e. The SMILES string of the molecule is CN(SN1CCOCC1)C(=O)ON=C1SC(=C(C#N)C#N)SC1(C)C. The zero-order valence-corrected chi connectivity index (χ0v) is 16.5. The van der Waals surface area contributed by atoms with E-state index in [2.05, 4.69) is 5.16 Å². The van der Waals surface area contributed by atoms with Crippen LogP contribution in [0.3, 0.4) is 0 Å². The Labute approximate surface area is 159 Å². The molecule has 2 saturated heterocycles. The average Bonchev–Trinajstić information content (AvgIpc) is 2.89. The van der Waals surface area contributed by atoms with Crippen molar-refractivity contribution in [1.82, 2.24) is 8.61 Å². The van der Waals surface area contributed by atoms with Gasteiger partial charge in [-0.25, -0.2) is 13.4 Å². The molecule has 1 amide bonds.